The van der Waals surface area contributed by atoms with Gasteiger partial charge in [0.2, 0.25) is 6.29 Å². The molecule has 3 aliphatic heterocycles. The number of fused-ring (bicyclic) bond motifs is 4. The maximum Gasteiger partial charge on any atom is 0.327 e. The van der Waals surface area contributed by atoms with Crippen molar-refractivity contribution in [2.45, 2.75) is 100.0 Å². The number of aromatic nitrogens is 2. The van der Waals surface area contributed by atoms with E-state index in [9.17, 15) is 45.3 Å². The molecule has 2 fully saturated rings. The Bertz CT molecular complexity index is 2240. The minimum absolute atomic E-state index is 0.0685. The number of anilines is 2. The average molecular weight is 811 g/mol. The first-order valence-corrected chi connectivity index (χ1v) is 20.2. The number of phenols is 2. The number of H-pyrrole nitrogens is 1. The number of para-hydroxylation sites is 1. The number of aryl methyl sites for hydroxylation is 1. The van der Waals surface area contributed by atoms with Crippen molar-refractivity contribution in [1.29, 1.82) is 0 Å². The number of aromatic amines is 1. The van der Waals surface area contributed by atoms with Crippen LogP contribution in [0.25, 0.3) is 6.08 Å². The number of carbonyl (C=O) groups excluding carboxylic acids is 1. The first-order chi connectivity index (χ1) is 28.4. The zero-order valence-corrected chi connectivity index (χ0v) is 32.6. The maximum absolute atomic E-state index is 14.6. The molecule has 0 radical (unpaired) electrons. The first-order valence-electron chi connectivity index (χ1n) is 20.2. The number of nitrogens with one attached hydrogen (secondary N) is 2. The van der Waals surface area contributed by atoms with Crippen molar-refractivity contribution in [1.82, 2.24) is 9.97 Å². The van der Waals surface area contributed by atoms with E-state index >= 15 is 0 Å². The summed E-state index contributed by atoms with van der Waals surface area (Å²) in [4.78, 5) is 36.8. The number of aliphatic hydroxyl groups is 4. The van der Waals surface area contributed by atoms with Gasteiger partial charge in [0.1, 0.15) is 36.2 Å². The van der Waals surface area contributed by atoms with Crippen molar-refractivity contribution in [3.05, 3.63) is 101 Å². The number of aliphatic carboxylic acids is 1. The Morgan fingerprint density at radius 2 is 1.85 bits per heavy atom. The van der Waals surface area contributed by atoms with Gasteiger partial charge >= 0.3 is 5.97 Å². The molecule has 1 amide bonds. The van der Waals surface area contributed by atoms with Gasteiger partial charge in [-0.05, 0) is 78.6 Å². The van der Waals surface area contributed by atoms with Crippen LogP contribution in [-0.2, 0) is 32.6 Å². The second-order valence-electron chi connectivity index (χ2n) is 16.1. The molecular formula is C44H50N4O11. The van der Waals surface area contributed by atoms with Crippen LogP contribution >= 0.6 is 0 Å². The summed E-state index contributed by atoms with van der Waals surface area (Å²) in [6.45, 7) is 2.00. The lowest BCUT2D eigenvalue weighted by molar-refractivity contribution is -0.277. The number of hydrogen-bond donors (Lipinski definition) is 9. The summed E-state index contributed by atoms with van der Waals surface area (Å²) in [5.74, 6) is -3.13. The third kappa shape index (κ3) is 7.31. The zero-order chi connectivity index (χ0) is 41.6. The second kappa shape index (κ2) is 16.3. The molecule has 59 heavy (non-hydrogen) atoms. The van der Waals surface area contributed by atoms with Crippen molar-refractivity contribution in [2.75, 3.05) is 23.4 Å². The molecule has 4 aromatic rings. The van der Waals surface area contributed by atoms with Crippen LogP contribution in [0.15, 0.2) is 67.0 Å². The Balaban J connectivity index is 1.19. The fourth-order valence-corrected chi connectivity index (χ4v) is 9.86. The molecule has 0 spiro atoms. The number of amides is 1. The summed E-state index contributed by atoms with van der Waals surface area (Å²) in [6, 6.07) is 14.3. The predicted octanol–water partition coefficient (Wildman–Crippen LogP) is 3.69. The molecule has 1 saturated heterocycles. The summed E-state index contributed by atoms with van der Waals surface area (Å²) < 4.78 is 11.4. The van der Waals surface area contributed by atoms with Crippen LogP contribution in [-0.4, -0.2) is 107 Å². The molecule has 4 heterocycles. The van der Waals surface area contributed by atoms with Gasteiger partial charge in [0, 0.05) is 53.4 Å². The molecule has 1 aliphatic carbocycles. The lowest BCUT2D eigenvalue weighted by Crippen LogP contribution is -2.60. The van der Waals surface area contributed by atoms with E-state index in [1.807, 2.05) is 25.1 Å². The highest BCUT2D eigenvalue weighted by atomic mass is 16.7. The highest BCUT2D eigenvalue weighted by molar-refractivity contribution is 6.10. The SMILES string of the molecule is CCc1nc[nH]c1Cc1cc(/C=C/C(=O)N2c3cc(O[C@@H]4O[C@H](CO)[C@@H](O)[C@H](O)[C@H]4O)c(O)cc3[C@H](C[C@@]34CCCC[C@@H]3CNc3ccccc34)[C@@H]2C(=O)O)ccc1O. The van der Waals surface area contributed by atoms with Crippen molar-refractivity contribution in [2.24, 2.45) is 5.92 Å². The summed E-state index contributed by atoms with van der Waals surface area (Å²) in [5.41, 5.74) is 5.15. The summed E-state index contributed by atoms with van der Waals surface area (Å²) >= 11 is 0. The Kier molecular flexibility index (Phi) is 11.1. The van der Waals surface area contributed by atoms with Crippen LogP contribution in [0.2, 0.25) is 0 Å². The lowest BCUT2D eigenvalue weighted by Gasteiger charge is -2.50. The van der Waals surface area contributed by atoms with Crippen molar-refractivity contribution >= 4 is 29.3 Å². The molecule has 1 aromatic heterocycles. The van der Waals surface area contributed by atoms with Gasteiger partial charge in [-0.25, -0.2) is 9.78 Å². The largest absolute Gasteiger partial charge is 0.508 e. The zero-order valence-electron chi connectivity index (χ0n) is 32.6. The molecule has 0 bridgehead atoms. The smallest absolute Gasteiger partial charge is 0.327 e. The number of imidazole rings is 1. The number of ether oxygens (including phenoxy) is 2. The van der Waals surface area contributed by atoms with Crippen LogP contribution in [0, 0.1) is 5.92 Å². The fraction of sp³-hybridized carbons (Fsp3) is 0.432. The van der Waals surface area contributed by atoms with Crippen molar-refractivity contribution < 1.29 is 54.8 Å². The summed E-state index contributed by atoms with van der Waals surface area (Å²) in [6.07, 6.45) is 1.47. The standard InChI is InChI=1S/C44H50N4O11/c1-2-29-31(47-22-46-29)16-24-15-23(10-12-33(24)50)11-13-37(52)48-32-18-35(58-43-41(55)40(54)39(53)36(21-49)59-43)34(51)17-26(32)27(38(48)42(56)57)19-44-14-6-5-7-25(44)20-45-30-9-4-3-8-28(30)44/h3-4,8-13,15,17-18,22,25,27,36,38-41,43,45,49-51,53-55H,2,5-7,14,16,19-21H2,1H3,(H,46,47)(H,56,57)/b13-11+/t25-,27+,36-,38-,39-,40+,41-,43-,44+/m1/s1. The van der Waals surface area contributed by atoms with E-state index < -0.39 is 72.3 Å². The Hall–Kier alpha value is -5.45. The van der Waals surface area contributed by atoms with E-state index in [4.69, 9.17) is 9.47 Å². The average Bonchev–Trinajstić information content (AvgIpc) is 3.82. The normalized spacial score (nSPS) is 28.7. The topological polar surface area (TPSA) is 238 Å². The molecule has 1 saturated carbocycles. The Morgan fingerprint density at radius 3 is 2.63 bits per heavy atom. The number of hydrogen-bond acceptors (Lipinski definition) is 12. The maximum atomic E-state index is 14.6. The number of aliphatic hydroxyl groups excluding tert-OH is 4. The number of phenolic OH excluding ortho intramolecular Hbond substituents is 2. The molecule has 15 heteroatoms. The number of rotatable bonds is 11. The van der Waals surface area contributed by atoms with Crippen LogP contribution in [0.5, 0.6) is 17.2 Å². The predicted molar refractivity (Wildman–Crippen MR) is 215 cm³/mol. The van der Waals surface area contributed by atoms with Gasteiger partial charge in [-0.2, -0.15) is 0 Å². The van der Waals surface area contributed by atoms with Crippen LogP contribution in [0.3, 0.4) is 0 Å². The number of nitrogens with zero attached hydrogens (tertiary/aromatic N) is 2. The minimum Gasteiger partial charge on any atom is -0.508 e. The van der Waals surface area contributed by atoms with E-state index in [0.717, 1.165) is 48.3 Å². The minimum atomic E-state index is -1.79. The van der Waals surface area contributed by atoms with Crippen LogP contribution < -0.4 is 15.0 Å². The molecule has 312 valence electrons. The summed E-state index contributed by atoms with van der Waals surface area (Å²) in [5, 5.41) is 78.1. The number of aromatic hydroxyl groups is 2. The van der Waals surface area contributed by atoms with Crippen LogP contribution in [0.1, 0.15) is 78.6 Å². The third-order valence-corrected chi connectivity index (χ3v) is 12.8. The molecule has 0 unspecified atom stereocenters. The Morgan fingerprint density at radius 1 is 1.03 bits per heavy atom. The van der Waals surface area contributed by atoms with E-state index in [1.165, 1.54) is 29.2 Å². The number of carboxylic acids is 1. The first kappa shape index (κ1) is 40.3. The van der Waals surface area contributed by atoms with Gasteiger partial charge in [-0.15, -0.1) is 0 Å². The number of benzene rings is 3. The molecule has 3 aromatic carbocycles. The van der Waals surface area contributed by atoms with Gasteiger partial charge in [0.25, 0.3) is 5.91 Å². The highest BCUT2D eigenvalue weighted by Crippen LogP contribution is 2.58. The number of carboxylic acid groups (broad SMARTS) is 1. The van der Waals surface area contributed by atoms with Crippen LogP contribution in [0.4, 0.5) is 11.4 Å². The lowest BCUT2D eigenvalue weighted by atomic mass is 9.56. The summed E-state index contributed by atoms with van der Waals surface area (Å²) in [7, 11) is 0. The van der Waals surface area contributed by atoms with E-state index in [0.29, 0.717) is 42.5 Å². The quantitative estimate of drug-likeness (QED) is 0.0985. The van der Waals surface area contributed by atoms with Gasteiger partial charge in [-0.3, -0.25) is 9.69 Å². The van der Waals surface area contributed by atoms with E-state index in [2.05, 4.69) is 21.4 Å². The molecule has 9 atom stereocenters. The Labute approximate surface area is 340 Å². The van der Waals surface area contributed by atoms with E-state index in [1.54, 1.807) is 24.5 Å². The van der Waals surface area contributed by atoms with Crippen molar-refractivity contribution in [3.8, 4) is 17.2 Å². The van der Waals surface area contributed by atoms with Gasteiger partial charge in [-0.1, -0.05) is 44.0 Å². The molecular weight excluding hydrogens is 761 g/mol. The number of carbonyl (C=O) groups is 2. The monoisotopic (exact) mass is 810 g/mol. The molecule has 15 nitrogen and oxygen atoms in total. The molecule has 9 N–H and O–H groups in total. The van der Waals surface area contributed by atoms with Gasteiger partial charge in [0.05, 0.1) is 24.3 Å². The second-order valence-corrected chi connectivity index (χ2v) is 16.1. The fourth-order valence-electron chi connectivity index (χ4n) is 9.86. The van der Waals surface area contributed by atoms with E-state index in [-0.39, 0.29) is 23.1 Å². The van der Waals surface area contributed by atoms with Crippen molar-refractivity contribution in [3.63, 3.8) is 0 Å². The molecule has 4 aliphatic rings. The highest BCUT2D eigenvalue weighted by Gasteiger charge is 2.54. The van der Waals surface area contributed by atoms with Gasteiger partial charge < -0.3 is 55.5 Å². The molecule has 8 rings (SSSR count). The van der Waals surface area contributed by atoms with Gasteiger partial charge in [0.15, 0.2) is 11.5 Å². The third-order valence-electron chi connectivity index (χ3n) is 12.8.